The van der Waals surface area contributed by atoms with Crippen molar-refractivity contribution in [3.05, 3.63) is 0 Å². The van der Waals surface area contributed by atoms with E-state index in [9.17, 15) is 4.79 Å². The van der Waals surface area contributed by atoms with E-state index in [1.165, 1.54) is 25.7 Å². The molecule has 2 rings (SSSR count). The maximum atomic E-state index is 12.9. The predicted molar refractivity (Wildman–Crippen MR) is 74.5 cm³/mol. The lowest BCUT2D eigenvalue weighted by Crippen LogP contribution is -2.52. The van der Waals surface area contributed by atoms with E-state index in [1.54, 1.807) is 0 Å². The van der Waals surface area contributed by atoms with Gasteiger partial charge in [-0.05, 0) is 45.6 Å². The molecule has 0 radical (unpaired) electrons. The van der Waals surface area contributed by atoms with Crippen LogP contribution in [0.2, 0.25) is 0 Å². The number of rotatable bonds is 4. The summed E-state index contributed by atoms with van der Waals surface area (Å²) in [5, 5.41) is 3.43. The lowest BCUT2D eigenvalue weighted by molar-refractivity contribution is -0.144. The van der Waals surface area contributed by atoms with Gasteiger partial charge in [-0.15, -0.1) is 0 Å². The third-order valence-corrected chi connectivity index (χ3v) is 5.00. The van der Waals surface area contributed by atoms with Crippen molar-refractivity contribution in [2.45, 2.75) is 64.8 Å². The van der Waals surface area contributed by atoms with Gasteiger partial charge in [0, 0.05) is 24.5 Å². The highest BCUT2D eigenvalue weighted by Crippen LogP contribution is 2.43. The molecule has 1 atom stereocenters. The van der Waals surface area contributed by atoms with Crippen LogP contribution in [0.3, 0.4) is 0 Å². The molecular weight excluding hydrogens is 224 g/mol. The fourth-order valence-corrected chi connectivity index (χ4v) is 3.74. The SMILES string of the molecule is CCN(C(=O)C1(CC)CCCC1)C1CCCNC1. The van der Waals surface area contributed by atoms with Crippen molar-refractivity contribution < 1.29 is 4.79 Å². The molecule has 0 aromatic carbocycles. The summed E-state index contributed by atoms with van der Waals surface area (Å²) in [6, 6.07) is 0.431. The number of nitrogens with one attached hydrogen (secondary N) is 1. The Morgan fingerprint density at radius 1 is 1.28 bits per heavy atom. The standard InChI is InChI=1S/C15H28N2O/c1-3-15(9-5-6-10-15)14(18)17(4-2)13-8-7-11-16-12-13/h13,16H,3-12H2,1-2H3. The third kappa shape index (κ3) is 2.56. The molecule has 1 aliphatic carbocycles. The van der Waals surface area contributed by atoms with Crippen LogP contribution in [0.5, 0.6) is 0 Å². The first-order chi connectivity index (χ1) is 8.73. The number of amides is 1. The van der Waals surface area contributed by atoms with E-state index in [4.69, 9.17) is 0 Å². The van der Waals surface area contributed by atoms with Crippen LogP contribution < -0.4 is 5.32 Å². The molecule has 1 unspecified atom stereocenters. The number of piperidine rings is 1. The first-order valence-corrected chi connectivity index (χ1v) is 7.75. The van der Waals surface area contributed by atoms with Gasteiger partial charge in [-0.2, -0.15) is 0 Å². The number of hydrogen-bond acceptors (Lipinski definition) is 2. The van der Waals surface area contributed by atoms with Gasteiger partial charge in [0.15, 0.2) is 0 Å². The van der Waals surface area contributed by atoms with Gasteiger partial charge in [0.25, 0.3) is 0 Å². The molecule has 0 bridgehead atoms. The average molecular weight is 252 g/mol. The van der Waals surface area contributed by atoms with Crippen molar-refractivity contribution in [1.82, 2.24) is 10.2 Å². The van der Waals surface area contributed by atoms with Gasteiger partial charge in [-0.1, -0.05) is 19.8 Å². The van der Waals surface area contributed by atoms with Crippen molar-refractivity contribution in [2.75, 3.05) is 19.6 Å². The number of hydrogen-bond donors (Lipinski definition) is 1. The summed E-state index contributed by atoms with van der Waals surface area (Å²) >= 11 is 0. The summed E-state index contributed by atoms with van der Waals surface area (Å²) in [5.74, 6) is 0.443. The molecule has 1 saturated heterocycles. The summed E-state index contributed by atoms with van der Waals surface area (Å²) in [4.78, 5) is 15.1. The number of carbonyl (C=O) groups is 1. The van der Waals surface area contributed by atoms with Gasteiger partial charge in [-0.3, -0.25) is 4.79 Å². The molecule has 3 nitrogen and oxygen atoms in total. The molecule has 1 N–H and O–H groups in total. The molecular formula is C15H28N2O. The third-order valence-electron chi connectivity index (χ3n) is 5.00. The van der Waals surface area contributed by atoms with E-state index in [1.807, 2.05) is 0 Å². The lowest BCUT2D eigenvalue weighted by Gasteiger charge is -2.39. The van der Waals surface area contributed by atoms with Gasteiger partial charge in [0.1, 0.15) is 0 Å². The van der Waals surface area contributed by atoms with Crippen LogP contribution in [0.4, 0.5) is 0 Å². The van der Waals surface area contributed by atoms with Crippen LogP contribution in [-0.4, -0.2) is 36.5 Å². The second-order valence-corrected chi connectivity index (χ2v) is 5.93. The molecule has 18 heavy (non-hydrogen) atoms. The minimum absolute atomic E-state index is 0.0204. The fourth-order valence-electron chi connectivity index (χ4n) is 3.74. The van der Waals surface area contributed by atoms with E-state index in [0.717, 1.165) is 38.9 Å². The second-order valence-electron chi connectivity index (χ2n) is 5.93. The van der Waals surface area contributed by atoms with E-state index >= 15 is 0 Å². The highest BCUT2D eigenvalue weighted by molar-refractivity contribution is 5.83. The van der Waals surface area contributed by atoms with E-state index in [-0.39, 0.29) is 5.41 Å². The van der Waals surface area contributed by atoms with Gasteiger partial charge >= 0.3 is 0 Å². The van der Waals surface area contributed by atoms with Crippen molar-refractivity contribution in [1.29, 1.82) is 0 Å². The van der Waals surface area contributed by atoms with Crippen LogP contribution in [-0.2, 0) is 4.79 Å². The van der Waals surface area contributed by atoms with Gasteiger partial charge < -0.3 is 10.2 Å². The van der Waals surface area contributed by atoms with Crippen LogP contribution in [0.15, 0.2) is 0 Å². The number of likely N-dealkylation sites (N-methyl/N-ethyl adjacent to an activating group) is 1. The minimum atomic E-state index is -0.0204. The molecule has 0 spiro atoms. The Labute approximate surface area is 111 Å². The van der Waals surface area contributed by atoms with Crippen molar-refractivity contribution in [3.63, 3.8) is 0 Å². The Bertz CT molecular complexity index is 278. The fraction of sp³-hybridized carbons (Fsp3) is 0.933. The summed E-state index contributed by atoms with van der Waals surface area (Å²) < 4.78 is 0. The maximum Gasteiger partial charge on any atom is 0.229 e. The monoisotopic (exact) mass is 252 g/mol. The minimum Gasteiger partial charge on any atom is -0.338 e. The molecule has 1 saturated carbocycles. The van der Waals surface area contributed by atoms with Crippen LogP contribution in [0.1, 0.15) is 58.8 Å². The Morgan fingerprint density at radius 2 is 2.00 bits per heavy atom. The number of carbonyl (C=O) groups excluding carboxylic acids is 1. The normalized spacial score (nSPS) is 27.1. The lowest BCUT2D eigenvalue weighted by atomic mass is 9.81. The first-order valence-electron chi connectivity index (χ1n) is 7.75. The zero-order chi connectivity index (χ0) is 13.0. The summed E-state index contributed by atoms with van der Waals surface area (Å²) in [6.45, 7) is 7.29. The molecule has 0 aromatic heterocycles. The Morgan fingerprint density at radius 3 is 2.50 bits per heavy atom. The van der Waals surface area contributed by atoms with E-state index in [0.29, 0.717) is 11.9 Å². The molecule has 3 heteroatoms. The Balaban J connectivity index is 2.08. The maximum absolute atomic E-state index is 12.9. The van der Waals surface area contributed by atoms with Gasteiger partial charge in [0.05, 0.1) is 0 Å². The molecule has 1 aliphatic heterocycles. The smallest absolute Gasteiger partial charge is 0.229 e. The summed E-state index contributed by atoms with van der Waals surface area (Å²) in [5.41, 5.74) is -0.0204. The van der Waals surface area contributed by atoms with Crippen LogP contribution >= 0.6 is 0 Å². The van der Waals surface area contributed by atoms with E-state index < -0.39 is 0 Å². The quantitative estimate of drug-likeness (QED) is 0.834. The predicted octanol–water partition coefficient (Wildman–Crippen LogP) is 2.56. The first kappa shape index (κ1) is 13.9. The van der Waals surface area contributed by atoms with Crippen molar-refractivity contribution in [2.24, 2.45) is 5.41 Å². The Hall–Kier alpha value is -0.570. The molecule has 1 heterocycles. The Kier molecular flexibility index (Phi) is 4.66. The highest BCUT2D eigenvalue weighted by Gasteiger charge is 2.43. The molecule has 104 valence electrons. The zero-order valence-corrected chi connectivity index (χ0v) is 12.0. The summed E-state index contributed by atoms with van der Waals surface area (Å²) in [7, 11) is 0. The second kappa shape index (κ2) is 6.05. The number of nitrogens with zero attached hydrogens (tertiary/aromatic N) is 1. The zero-order valence-electron chi connectivity index (χ0n) is 12.0. The highest BCUT2D eigenvalue weighted by atomic mass is 16.2. The molecule has 2 aliphatic rings. The topological polar surface area (TPSA) is 32.3 Å². The van der Waals surface area contributed by atoms with Crippen LogP contribution in [0, 0.1) is 5.41 Å². The van der Waals surface area contributed by atoms with E-state index in [2.05, 4.69) is 24.1 Å². The molecule has 1 amide bonds. The molecule has 0 aromatic rings. The average Bonchev–Trinajstić information content (AvgIpc) is 2.91. The van der Waals surface area contributed by atoms with Gasteiger partial charge in [0.2, 0.25) is 5.91 Å². The largest absolute Gasteiger partial charge is 0.338 e. The summed E-state index contributed by atoms with van der Waals surface area (Å²) in [6.07, 6.45) is 8.08. The van der Waals surface area contributed by atoms with Crippen LogP contribution in [0.25, 0.3) is 0 Å². The van der Waals surface area contributed by atoms with Gasteiger partial charge in [-0.25, -0.2) is 0 Å². The van der Waals surface area contributed by atoms with Crippen molar-refractivity contribution in [3.8, 4) is 0 Å². The molecule has 2 fully saturated rings. The van der Waals surface area contributed by atoms with Crippen molar-refractivity contribution >= 4 is 5.91 Å².